The van der Waals surface area contributed by atoms with E-state index in [0.717, 1.165) is 11.1 Å². The van der Waals surface area contributed by atoms with E-state index in [-0.39, 0.29) is 24.2 Å². The Morgan fingerprint density at radius 3 is 1.83 bits per heavy atom. The Morgan fingerprint density at radius 1 is 0.712 bits per heavy atom. The number of imide groups is 1. The zero-order valence-corrected chi connectivity index (χ0v) is 35.4. The molecule has 0 bridgehead atoms. The molecule has 0 radical (unpaired) electrons. The Labute approximate surface area is 344 Å². The number of hydroxylamine groups is 2. The summed E-state index contributed by atoms with van der Waals surface area (Å²) >= 11 is 0. The molecule has 0 saturated heterocycles. The number of carbonyl (C=O) groups is 6. The van der Waals surface area contributed by atoms with Gasteiger partial charge in [-0.25, -0.2) is 33.9 Å². The molecule has 16 nitrogen and oxygen atoms in total. The molecule has 3 aromatic rings. The number of nitrogens with zero attached hydrogens (tertiary/aromatic N) is 2. The van der Waals surface area contributed by atoms with Crippen LogP contribution in [0.15, 0.2) is 66.9 Å². The van der Waals surface area contributed by atoms with Crippen molar-refractivity contribution in [3.63, 3.8) is 0 Å². The predicted octanol–water partition coefficient (Wildman–Crippen LogP) is 6.02. The molecule has 4 rings (SSSR count). The van der Waals surface area contributed by atoms with Crippen molar-refractivity contribution in [3.8, 4) is 16.9 Å². The van der Waals surface area contributed by atoms with Crippen molar-refractivity contribution in [2.45, 2.75) is 111 Å². The molecule has 0 saturated carbocycles. The van der Waals surface area contributed by atoms with E-state index >= 15 is 0 Å². The molecule has 16 heteroatoms. The predicted molar refractivity (Wildman–Crippen MR) is 216 cm³/mol. The van der Waals surface area contributed by atoms with Crippen molar-refractivity contribution in [1.82, 2.24) is 15.7 Å². The Kier molecular flexibility index (Phi) is 14.8. The minimum Gasteiger partial charge on any atom is -0.490 e. The van der Waals surface area contributed by atoms with E-state index in [1.165, 1.54) is 12.1 Å². The van der Waals surface area contributed by atoms with Gasteiger partial charge in [0.05, 0.1) is 24.4 Å². The van der Waals surface area contributed by atoms with Crippen molar-refractivity contribution in [2.75, 3.05) is 18.5 Å². The molecular weight excluding hydrogens is 762 g/mol. The largest absolute Gasteiger partial charge is 0.490 e. The molecular formula is C43H56N5O11+. The maximum absolute atomic E-state index is 13.5. The van der Waals surface area contributed by atoms with Gasteiger partial charge in [0, 0.05) is 18.2 Å². The monoisotopic (exact) mass is 818 g/mol. The normalized spacial score (nSPS) is 13.8. The van der Waals surface area contributed by atoms with Crippen LogP contribution in [-0.2, 0) is 35.7 Å². The maximum atomic E-state index is 13.5. The molecule has 1 aliphatic rings. The molecule has 0 fully saturated rings. The lowest BCUT2D eigenvalue weighted by Gasteiger charge is -2.26. The van der Waals surface area contributed by atoms with Gasteiger partial charge in [-0.2, -0.15) is 0 Å². The summed E-state index contributed by atoms with van der Waals surface area (Å²) in [6.07, 6.45) is 0.445. The van der Waals surface area contributed by atoms with Crippen LogP contribution in [0.3, 0.4) is 0 Å². The van der Waals surface area contributed by atoms with Crippen LogP contribution in [-0.4, -0.2) is 83.0 Å². The first-order valence-corrected chi connectivity index (χ1v) is 19.4. The summed E-state index contributed by atoms with van der Waals surface area (Å²) in [7, 11) is 1.76. The average molecular weight is 819 g/mol. The van der Waals surface area contributed by atoms with E-state index in [4.69, 9.17) is 23.8 Å². The van der Waals surface area contributed by atoms with Crippen LogP contribution < -0.4 is 25.3 Å². The second-order valence-corrected chi connectivity index (χ2v) is 16.9. The van der Waals surface area contributed by atoms with Crippen molar-refractivity contribution < 1.29 is 57.1 Å². The van der Waals surface area contributed by atoms with E-state index in [1.54, 1.807) is 116 Å². The quantitative estimate of drug-likeness (QED) is 0.0534. The number of rotatable bonds is 15. The first-order chi connectivity index (χ1) is 27.5. The van der Waals surface area contributed by atoms with Gasteiger partial charge in [-0.3, -0.25) is 9.59 Å². The van der Waals surface area contributed by atoms with E-state index in [1.807, 2.05) is 12.3 Å². The summed E-state index contributed by atoms with van der Waals surface area (Å²) in [6, 6.07) is 15.9. The fraction of sp³-hybridized carbons (Fsp3) is 0.465. The highest BCUT2D eigenvalue weighted by Gasteiger charge is 2.41. The van der Waals surface area contributed by atoms with Gasteiger partial charge in [-0.15, -0.1) is 5.06 Å². The van der Waals surface area contributed by atoms with Crippen molar-refractivity contribution in [3.05, 3.63) is 78.0 Å². The molecule has 2 aromatic carbocycles. The summed E-state index contributed by atoms with van der Waals surface area (Å²) in [5.41, 5.74) is -0.324. The van der Waals surface area contributed by atoms with Crippen LogP contribution in [0, 0.1) is 0 Å². The van der Waals surface area contributed by atoms with Gasteiger partial charge in [0.2, 0.25) is 6.10 Å². The maximum Gasteiger partial charge on any atom is 0.408 e. The van der Waals surface area contributed by atoms with E-state index in [9.17, 15) is 28.8 Å². The molecule has 0 unspecified atom stereocenters. The highest BCUT2D eigenvalue weighted by Crippen LogP contribution is 2.26. The number of nitrogens with one attached hydrogen (secondary N) is 3. The number of esters is 1. The molecule has 2 atom stereocenters. The minimum atomic E-state index is -1.45. The minimum absolute atomic E-state index is 0.165. The molecule has 1 aliphatic heterocycles. The third kappa shape index (κ3) is 14.1. The summed E-state index contributed by atoms with van der Waals surface area (Å²) in [5.74, 6) is -1.80. The van der Waals surface area contributed by atoms with Gasteiger partial charge >= 0.3 is 24.1 Å². The first-order valence-electron chi connectivity index (χ1n) is 19.4. The van der Waals surface area contributed by atoms with Crippen LogP contribution in [0.2, 0.25) is 0 Å². The summed E-state index contributed by atoms with van der Waals surface area (Å²) in [6.45, 7) is 15.5. The first kappa shape index (κ1) is 45.7. The van der Waals surface area contributed by atoms with Crippen LogP contribution in [0.25, 0.3) is 11.1 Å². The lowest BCUT2D eigenvalue weighted by Crippen LogP contribution is -2.47. The standard InChI is InChI=1S/C43H55N5O11/c1-41(2,3)56-38(52)33(59-48-36(50)30-15-11-12-16-31(30)37(48)51)26-55-29-21-18-27(19-22-29)28-20-23-34(47(10)25-28)46-35(49)32(45-40(54)58-43(7,8)9)17-13-14-24-44-39(53)57-42(4,5)6/h11-12,15-16,18-23,25,32-33H,13-14,17,24,26H2,1-10H3,(H2,44,45,53,54)/p+1/t32-,33-/m0/s1. The Bertz CT molecular complexity index is 1980. The van der Waals surface area contributed by atoms with E-state index < -0.39 is 64.8 Å². The number of pyridine rings is 1. The molecule has 1 aromatic heterocycles. The lowest BCUT2D eigenvalue weighted by molar-refractivity contribution is -0.656. The second kappa shape index (κ2) is 19.1. The highest BCUT2D eigenvalue weighted by atomic mass is 16.7. The Balaban J connectivity index is 1.39. The fourth-order valence-electron chi connectivity index (χ4n) is 5.63. The van der Waals surface area contributed by atoms with Crippen molar-refractivity contribution >= 4 is 41.7 Å². The number of amides is 5. The van der Waals surface area contributed by atoms with Gasteiger partial charge in [-0.1, -0.05) is 24.3 Å². The zero-order valence-electron chi connectivity index (χ0n) is 35.4. The Morgan fingerprint density at radius 2 is 1.27 bits per heavy atom. The molecule has 318 valence electrons. The summed E-state index contributed by atoms with van der Waals surface area (Å²) in [5, 5.41) is 8.81. The smallest absolute Gasteiger partial charge is 0.408 e. The molecule has 59 heavy (non-hydrogen) atoms. The number of anilines is 1. The summed E-state index contributed by atoms with van der Waals surface area (Å²) < 4.78 is 23.8. The summed E-state index contributed by atoms with van der Waals surface area (Å²) in [4.78, 5) is 82.8. The number of unbranched alkanes of at least 4 members (excludes halogenated alkanes) is 1. The molecule has 0 spiro atoms. The molecule has 5 amide bonds. The van der Waals surface area contributed by atoms with E-state index in [0.29, 0.717) is 36.0 Å². The van der Waals surface area contributed by atoms with Crippen LogP contribution in [0.1, 0.15) is 102 Å². The molecule has 3 N–H and O–H groups in total. The number of aryl methyl sites for hydroxylation is 1. The third-order valence-electron chi connectivity index (χ3n) is 8.23. The van der Waals surface area contributed by atoms with Gasteiger partial charge < -0.3 is 29.6 Å². The van der Waals surface area contributed by atoms with Gasteiger partial charge in [0.1, 0.15) is 35.2 Å². The topological polar surface area (TPSA) is 192 Å². The zero-order chi connectivity index (χ0) is 43.7. The van der Waals surface area contributed by atoms with E-state index in [2.05, 4.69) is 16.0 Å². The van der Waals surface area contributed by atoms with Crippen LogP contribution in [0.5, 0.6) is 5.75 Å². The fourth-order valence-corrected chi connectivity index (χ4v) is 5.63. The molecule has 2 heterocycles. The van der Waals surface area contributed by atoms with Gasteiger partial charge in [0.25, 0.3) is 17.6 Å². The SMILES string of the molecule is C[n+]1cc(-c2ccc(OC[C@H](ON3C(=O)c4ccccc4C3=O)C(=O)OC(C)(C)C)cc2)ccc1NC(=O)[C@H](CCCCNC(=O)OC(C)(C)C)NC(=O)OC(C)(C)C. The van der Waals surface area contributed by atoms with Gasteiger partial charge in [-0.05, 0) is 117 Å². The number of fused-ring (bicyclic) bond motifs is 1. The average Bonchev–Trinajstić information content (AvgIpc) is 3.36. The van der Waals surface area contributed by atoms with Crippen LogP contribution >= 0.6 is 0 Å². The number of hydrogen-bond donors (Lipinski definition) is 3. The second-order valence-electron chi connectivity index (χ2n) is 16.9. The number of alkyl carbamates (subject to hydrolysis) is 2. The Hall–Kier alpha value is -6.03. The number of benzene rings is 2. The van der Waals surface area contributed by atoms with Crippen molar-refractivity contribution in [2.24, 2.45) is 7.05 Å². The number of ether oxygens (including phenoxy) is 4. The third-order valence-corrected chi connectivity index (χ3v) is 8.23. The number of carbonyl (C=O) groups excluding carboxylic acids is 6. The van der Waals surface area contributed by atoms with Gasteiger partial charge in [0.15, 0.2) is 0 Å². The highest BCUT2D eigenvalue weighted by molar-refractivity contribution is 6.20. The molecule has 0 aliphatic carbocycles. The number of aromatic nitrogens is 1. The van der Waals surface area contributed by atoms with Crippen molar-refractivity contribution in [1.29, 1.82) is 0 Å². The lowest BCUT2D eigenvalue weighted by atomic mass is 10.1. The van der Waals surface area contributed by atoms with Crippen LogP contribution in [0.4, 0.5) is 15.4 Å². The number of hydrogen-bond acceptors (Lipinski definition) is 11.